The molecule has 1 amide bonds. The van der Waals surface area contributed by atoms with E-state index in [1.54, 1.807) is 12.4 Å². The number of rotatable bonds is 7. The van der Waals surface area contributed by atoms with Crippen LogP contribution >= 0.6 is 27.7 Å². The minimum Gasteiger partial charge on any atom is -0.343 e. The summed E-state index contributed by atoms with van der Waals surface area (Å²) in [6, 6.07) is 11.2. The van der Waals surface area contributed by atoms with Crippen LogP contribution in [-0.4, -0.2) is 26.3 Å². The van der Waals surface area contributed by atoms with Crippen molar-refractivity contribution in [2.45, 2.75) is 37.0 Å². The lowest BCUT2D eigenvalue weighted by molar-refractivity contribution is -0.121. The van der Waals surface area contributed by atoms with Crippen molar-refractivity contribution < 1.29 is 9.32 Å². The molecule has 28 heavy (non-hydrogen) atoms. The highest BCUT2D eigenvalue weighted by Gasteiger charge is 2.27. The van der Waals surface area contributed by atoms with E-state index in [1.807, 2.05) is 57.2 Å². The fourth-order valence-corrected chi connectivity index (χ4v) is 3.67. The van der Waals surface area contributed by atoms with Gasteiger partial charge in [-0.15, -0.1) is 11.8 Å². The molecule has 2 aromatic heterocycles. The molecule has 1 aromatic carbocycles. The topological polar surface area (TPSA) is 80.9 Å². The number of carbonyl (C=O) groups is 1. The van der Waals surface area contributed by atoms with E-state index in [-0.39, 0.29) is 23.1 Å². The number of thioether (sulfide) groups is 1. The van der Waals surface area contributed by atoms with E-state index in [4.69, 9.17) is 4.52 Å². The zero-order chi connectivity index (χ0) is 20.1. The average Bonchev–Trinajstić information content (AvgIpc) is 3.18. The summed E-state index contributed by atoms with van der Waals surface area (Å²) >= 11 is 4.92. The number of amides is 1. The highest BCUT2D eigenvalue weighted by Crippen LogP contribution is 2.27. The molecule has 0 aliphatic rings. The van der Waals surface area contributed by atoms with E-state index in [9.17, 15) is 4.79 Å². The number of hydrogen-bond acceptors (Lipinski definition) is 6. The summed E-state index contributed by atoms with van der Waals surface area (Å²) in [7, 11) is 0. The van der Waals surface area contributed by atoms with Crippen molar-refractivity contribution in [3.8, 4) is 11.4 Å². The molecule has 2 atom stereocenters. The second-order valence-electron chi connectivity index (χ2n) is 6.64. The quantitative estimate of drug-likeness (QED) is 0.505. The number of benzene rings is 1. The lowest BCUT2D eigenvalue weighted by Crippen LogP contribution is -2.36. The first-order chi connectivity index (χ1) is 13.4. The van der Waals surface area contributed by atoms with Gasteiger partial charge in [0.15, 0.2) is 0 Å². The van der Waals surface area contributed by atoms with E-state index < -0.39 is 0 Å². The molecule has 2 unspecified atom stereocenters. The van der Waals surface area contributed by atoms with Crippen LogP contribution in [0.15, 0.2) is 62.7 Å². The van der Waals surface area contributed by atoms with Gasteiger partial charge < -0.3 is 9.84 Å². The van der Waals surface area contributed by atoms with Crippen LogP contribution in [0.4, 0.5) is 0 Å². The second kappa shape index (κ2) is 9.34. The van der Waals surface area contributed by atoms with Crippen molar-refractivity contribution in [1.82, 2.24) is 20.4 Å². The van der Waals surface area contributed by atoms with Gasteiger partial charge in [0.1, 0.15) is 6.04 Å². The molecular weight excluding hydrogens is 440 g/mol. The first kappa shape index (κ1) is 20.5. The molecule has 0 saturated heterocycles. The summed E-state index contributed by atoms with van der Waals surface area (Å²) in [4.78, 5) is 22.3. The first-order valence-electron chi connectivity index (χ1n) is 8.90. The number of hydrogen-bond donors (Lipinski definition) is 1. The van der Waals surface area contributed by atoms with Gasteiger partial charge in [-0.25, -0.2) is 0 Å². The molecule has 0 bridgehead atoms. The molecule has 1 N–H and O–H groups in total. The van der Waals surface area contributed by atoms with E-state index in [1.165, 1.54) is 11.8 Å². The lowest BCUT2D eigenvalue weighted by Gasteiger charge is -2.21. The van der Waals surface area contributed by atoms with Crippen LogP contribution in [0.3, 0.4) is 0 Å². The third-order valence-electron chi connectivity index (χ3n) is 4.09. The zero-order valence-corrected chi connectivity index (χ0v) is 18.2. The Hall–Kier alpha value is -2.19. The molecule has 6 nitrogen and oxygen atoms in total. The summed E-state index contributed by atoms with van der Waals surface area (Å²) in [6.07, 6.45) is 3.36. The van der Waals surface area contributed by atoms with Crippen LogP contribution < -0.4 is 5.32 Å². The Morgan fingerprint density at radius 3 is 2.57 bits per heavy atom. The van der Waals surface area contributed by atoms with Crippen molar-refractivity contribution in [3.63, 3.8) is 0 Å². The van der Waals surface area contributed by atoms with E-state index in [0.717, 1.165) is 14.9 Å². The fraction of sp³-hybridized carbons (Fsp3) is 0.300. The first-order valence-corrected chi connectivity index (χ1v) is 10.6. The van der Waals surface area contributed by atoms with Crippen LogP contribution in [0, 0.1) is 5.92 Å². The summed E-state index contributed by atoms with van der Waals surface area (Å²) in [5, 5.41) is 6.82. The van der Waals surface area contributed by atoms with Gasteiger partial charge in [0.25, 0.3) is 0 Å². The van der Waals surface area contributed by atoms with Crippen molar-refractivity contribution in [2.24, 2.45) is 5.92 Å². The Morgan fingerprint density at radius 2 is 1.93 bits per heavy atom. The summed E-state index contributed by atoms with van der Waals surface area (Å²) in [6.45, 7) is 5.89. The Kier molecular flexibility index (Phi) is 6.85. The minimum atomic E-state index is -0.363. The molecule has 0 saturated carbocycles. The molecule has 3 aromatic rings. The lowest BCUT2D eigenvalue weighted by atomic mass is 10.0. The summed E-state index contributed by atoms with van der Waals surface area (Å²) in [5.74, 6) is 0.868. The SMILES string of the molecule is CC(Sc1ccc(Br)cc1)C(=O)NC(c1nc(-c2cccnc2)no1)C(C)C. The van der Waals surface area contributed by atoms with Gasteiger partial charge >= 0.3 is 0 Å². The fourth-order valence-electron chi connectivity index (χ4n) is 2.53. The van der Waals surface area contributed by atoms with Crippen LogP contribution in [0.25, 0.3) is 11.4 Å². The van der Waals surface area contributed by atoms with E-state index in [2.05, 4.69) is 36.4 Å². The predicted molar refractivity (Wildman–Crippen MR) is 113 cm³/mol. The Labute approximate surface area is 176 Å². The normalized spacial score (nSPS) is 13.3. The Morgan fingerprint density at radius 1 is 1.18 bits per heavy atom. The monoisotopic (exact) mass is 460 g/mol. The minimum absolute atomic E-state index is 0.0762. The Bertz CT molecular complexity index is 915. The second-order valence-corrected chi connectivity index (χ2v) is 8.97. The molecule has 0 radical (unpaired) electrons. The zero-order valence-electron chi connectivity index (χ0n) is 15.8. The van der Waals surface area contributed by atoms with Crippen molar-refractivity contribution >= 4 is 33.6 Å². The maximum atomic E-state index is 12.7. The van der Waals surface area contributed by atoms with Crippen LogP contribution in [-0.2, 0) is 4.79 Å². The highest BCUT2D eigenvalue weighted by atomic mass is 79.9. The maximum absolute atomic E-state index is 12.7. The van der Waals surface area contributed by atoms with Gasteiger partial charge in [0, 0.05) is 27.3 Å². The van der Waals surface area contributed by atoms with Gasteiger partial charge in [0.05, 0.1) is 5.25 Å². The van der Waals surface area contributed by atoms with Crippen LogP contribution in [0.2, 0.25) is 0 Å². The number of nitrogens with one attached hydrogen (secondary N) is 1. The molecule has 0 aliphatic carbocycles. The molecular formula is C20H21BrN4O2S. The third kappa shape index (κ3) is 5.20. The smallest absolute Gasteiger partial charge is 0.249 e. The van der Waals surface area contributed by atoms with E-state index in [0.29, 0.717) is 11.7 Å². The van der Waals surface area contributed by atoms with Gasteiger partial charge in [-0.2, -0.15) is 4.98 Å². The van der Waals surface area contributed by atoms with Crippen LogP contribution in [0.1, 0.15) is 32.7 Å². The molecule has 146 valence electrons. The number of pyridine rings is 1. The Balaban J connectivity index is 1.69. The summed E-state index contributed by atoms with van der Waals surface area (Å²) in [5.41, 5.74) is 0.769. The average molecular weight is 461 g/mol. The van der Waals surface area contributed by atoms with Gasteiger partial charge in [0.2, 0.25) is 17.6 Å². The van der Waals surface area contributed by atoms with E-state index >= 15 is 0 Å². The van der Waals surface area contributed by atoms with Crippen LogP contribution in [0.5, 0.6) is 0 Å². The number of carbonyl (C=O) groups excluding carboxylic acids is 1. The molecule has 8 heteroatoms. The number of halogens is 1. The standard InChI is InChI=1S/C20H21BrN4O2S/c1-12(2)17(20-24-18(25-27-20)14-5-4-10-22-11-14)23-19(26)13(3)28-16-8-6-15(21)7-9-16/h4-13,17H,1-3H3,(H,23,26). The van der Waals surface area contributed by atoms with Gasteiger partial charge in [-0.1, -0.05) is 34.9 Å². The molecule has 3 rings (SSSR count). The molecule has 2 heterocycles. The molecule has 0 fully saturated rings. The summed E-state index contributed by atoms with van der Waals surface area (Å²) < 4.78 is 6.45. The van der Waals surface area contributed by atoms with Crippen molar-refractivity contribution in [1.29, 1.82) is 0 Å². The van der Waals surface area contributed by atoms with Gasteiger partial charge in [-0.05, 0) is 49.2 Å². The number of aromatic nitrogens is 3. The third-order valence-corrected chi connectivity index (χ3v) is 5.73. The van der Waals surface area contributed by atoms with Crippen molar-refractivity contribution in [2.75, 3.05) is 0 Å². The predicted octanol–water partition coefficient (Wildman–Crippen LogP) is 4.89. The van der Waals surface area contributed by atoms with Gasteiger partial charge in [-0.3, -0.25) is 9.78 Å². The number of nitrogens with zero attached hydrogens (tertiary/aromatic N) is 3. The highest BCUT2D eigenvalue weighted by molar-refractivity contribution is 9.10. The largest absolute Gasteiger partial charge is 0.343 e. The molecule has 0 spiro atoms. The molecule has 0 aliphatic heterocycles. The maximum Gasteiger partial charge on any atom is 0.249 e. The van der Waals surface area contributed by atoms with Crippen molar-refractivity contribution in [3.05, 3.63) is 59.2 Å².